The average molecular weight is 321 g/mol. The fourth-order valence-corrected chi connectivity index (χ4v) is 2.46. The van der Waals surface area contributed by atoms with Gasteiger partial charge in [0, 0.05) is 42.0 Å². The highest BCUT2D eigenvalue weighted by Gasteiger charge is 2.10. The molecule has 0 spiro atoms. The zero-order valence-corrected chi connectivity index (χ0v) is 14.4. The number of nitrogens with one attached hydrogen (secondary N) is 2. The number of pyridine rings is 1. The van der Waals surface area contributed by atoms with Gasteiger partial charge in [0.25, 0.3) is 0 Å². The molecular weight excluding hydrogens is 298 g/mol. The maximum Gasteiger partial charge on any atom is 0.162 e. The highest BCUT2D eigenvalue weighted by atomic mass is 15.1. The predicted molar refractivity (Wildman–Crippen MR) is 99.0 cm³/mol. The lowest BCUT2D eigenvalue weighted by Gasteiger charge is -2.20. The lowest BCUT2D eigenvalue weighted by Crippen LogP contribution is -2.38. The van der Waals surface area contributed by atoms with Crippen molar-refractivity contribution in [3.8, 4) is 11.4 Å². The van der Waals surface area contributed by atoms with Gasteiger partial charge < -0.3 is 10.6 Å². The van der Waals surface area contributed by atoms with Crippen LogP contribution in [0.1, 0.15) is 20.8 Å². The molecule has 2 heterocycles. The third-order valence-corrected chi connectivity index (χ3v) is 3.61. The Labute approximate surface area is 142 Å². The first-order valence-electron chi connectivity index (χ1n) is 8.19. The van der Waals surface area contributed by atoms with Crippen LogP contribution < -0.4 is 10.6 Å². The SMILES string of the molecule is CC(C)(C)NCCNc1nc(-c2ccncc2)nc2ccccc12. The van der Waals surface area contributed by atoms with E-state index in [0.717, 1.165) is 35.4 Å². The summed E-state index contributed by atoms with van der Waals surface area (Å²) >= 11 is 0. The number of fused-ring (bicyclic) bond motifs is 1. The minimum atomic E-state index is 0.109. The van der Waals surface area contributed by atoms with Crippen LogP contribution in [0.2, 0.25) is 0 Å². The molecule has 0 aliphatic rings. The quantitative estimate of drug-likeness (QED) is 0.704. The second-order valence-electron chi connectivity index (χ2n) is 6.75. The normalized spacial score (nSPS) is 11.6. The van der Waals surface area contributed by atoms with E-state index < -0.39 is 0 Å². The Morgan fingerprint density at radius 3 is 2.42 bits per heavy atom. The van der Waals surface area contributed by atoms with Crippen molar-refractivity contribution in [1.82, 2.24) is 20.3 Å². The van der Waals surface area contributed by atoms with Gasteiger partial charge in [-0.25, -0.2) is 9.97 Å². The van der Waals surface area contributed by atoms with Crippen molar-refractivity contribution in [2.24, 2.45) is 0 Å². The van der Waals surface area contributed by atoms with E-state index >= 15 is 0 Å². The summed E-state index contributed by atoms with van der Waals surface area (Å²) in [6.45, 7) is 8.15. The molecule has 1 aromatic carbocycles. The van der Waals surface area contributed by atoms with E-state index in [4.69, 9.17) is 4.98 Å². The second-order valence-corrected chi connectivity index (χ2v) is 6.75. The molecule has 0 bridgehead atoms. The Kier molecular flexibility index (Phi) is 4.71. The molecule has 0 aliphatic heterocycles. The summed E-state index contributed by atoms with van der Waals surface area (Å²) < 4.78 is 0. The topological polar surface area (TPSA) is 62.7 Å². The summed E-state index contributed by atoms with van der Waals surface area (Å²) in [4.78, 5) is 13.5. The van der Waals surface area contributed by atoms with Gasteiger partial charge in [-0.2, -0.15) is 0 Å². The van der Waals surface area contributed by atoms with Gasteiger partial charge >= 0.3 is 0 Å². The lowest BCUT2D eigenvalue weighted by molar-refractivity contribution is 0.435. The summed E-state index contributed by atoms with van der Waals surface area (Å²) in [6.07, 6.45) is 3.52. The summed E-state index contributed by atoms with van der Waals surface area (Å²) in [6, 6.07) is 11.9. The molecule has 3 rings (SSSR count). The zero-order chi connectivity index (χ0) is 17.0. The Morgan fingerprint density at radius 2 is 1.67 bits per heavy atom. The first-order valence-corrected chi connectivity index (χ1v) is 8.19. The van der Waals surface area contributed by atoms with E-state index in [9.17, 15) is 0 Å². The number of aromatic nitrogens is 3. The van der Waals surface area contributed by atoms with Crippen LogP contribution in [0.3, 0.4) is 0 Å². The summed E-state index contributed by atoms with van der Waals surface area (Å²) in [5, 5.41) is 7.95. The minimum absolute atomic E-state index is 0.109. The van der Waals surface area contributed by atoms with E-state index in [-0.39, 0.29) is 5.54 Å². The molecule has 0 amide bonds. The molecule has 5 nitrogen and oxygen atoms in total. The van der Waals surface area contributed by atoms with E-state index in [1.165, 1.54) is 0 Å². The van der Waals surface area contributed by atoms with Gasteiger partial charge in [0.2, 0.25) is 0 Å². The van der Waals surface area contributed by atoms with Crippen LogP contribution in [0, 0.1) is 0 Å². The van der Waals surface area contributed by atoms with Crippen LogP contribution >= 0.6 is 0 Å². The molecule has 124 valence electrons. The fourth-order valence-electron chi connectivity index (χ4n) is 2.46. The van der Waals surface area contributed by atoms with Gasteiger partial charge in [-0.05, 0) is 45.0 Å². The van der Waals surface area contributed by atoms with E-state index in [1.54, 1.807) is 12.4 Å². The number of nitrogens with zero attached hydrogens (tertiary/aromatic N) is 3. The van der Waals surface area contributed by atoms with Crippen molar-refractivity contribution in [3.05, 3.63) is 48.8 Å². The molecule has 5 heteroatoms. The van der Waals surface area contributed by atoms with Crippen LogP contribution in [0.15, 0.2) is 48.8 Å². The van der Waals surface area contributed by atoms with Gasteiger partial charge in [0.05, 0.1) is 5.52 Å². The third kappa shape index (κ3) is 4.06. The molecule has 0 saturated heterocycles. The first kappa shape index (κ1) is 16.3. The average Bonchev–Trinajstić information content (AvgIpc) is 2.58. The number of hydrogen-bond acceptors (Lipinski definition) is 5. The third-order valence-electron chi connectivity index (χ3n) is 3.61. The first-order chi connectivity index (χ1) is 11.5. The van der Waals surface area contributed by atoms with Gasteiger partial charge in [0.15, 0.2) is 5.82 Å². The highest BCUT2D eigenvalue weighted by molar-refractivity contribution is 5.90. The number of anilines is 1. The lowest BCUT2D eigenvalue weighted by atomic mass is 10.1. The van der Waals surface area contributed by atoms with Gasteiger partial charge in [-0.15, -0.1) is 0 Å². The number of benzene rings is 1. The molecule has 0 saturated carbocycles. The van der Waals surface area contributed by atoms with E-state index in [1.807, 2.05) is 36.4 Å². The maximum atomic E-state index is 4.73. The van der Waals surface area contributed by atoms with Crippen molar-refractivity contribution in [1.29, 1.82) is 0 Å². The van der Waals surface area contributed by atoms with Crippen molar-refractivity contribution in [2.45, 2.75) is 26.3 Å². The van der Waals surface area contributed by atoms with Crippen LogP contribution in [0.4, 0.5) is 5.82 Å². The monoisotopic (exact) mass is 321 g/mol. The summed E-state index contributed by atoms with van der Waals surface area (Å²) in [5.74, 6) is 1.57. The van der Waals surface area contributed by atoms with Crippen LogP contribution in [0.5, 0.6) is 0 Å². The molecule has 3 aromatic rings. The van der Waals surface area contributed by atoms with Crippen LogP contribution in [0.25, 0.3) is 22.3 Å². The Bertz CT molecular complexity index is 809. The van der Waals surface area contributed by atoms with Crippen LogP contribution in [-0.2, 0) is 0 Å². The number of para-hydroxylation sites is 1. The zero-order valence-electron chi connectivity index (χ0n) is 14.4. The highest BCUT2D eigenvalue weighted by Crippen LogP contribution is 2.24. The van der Waals surface area contributed by atoms with E-state index in [0.29, 0.717) is 5.82 Å². The Morgan fingerprint density at radius 1 is 0.917 bits per heavy atom. The molecular formula is C19H23N5. The van der Waals surface area contributed by atoms with E-state index in [2.05, 4.69) is 41.4 Å². The van der Waals surface area contributed by atoms with Crippen molar-refractivity contribution in [3.63, 3.8) is 0 Å². The smallest absolute Gasteiger partial charge is 0.162 e. The molecule has 0 radical (unpaired) electrons. The number of rotatable bonds is 5. The van der Waals surface area contributed by atoms with Gasteiger partial charge in [0.1, 0.15) is 5.82 Å². The Hall–Kier alpha value is -2.53. The fraction of sp³-hybridized carbons (Fsp3) is 0.316. The second kappa shape index (κ2) is 6.93. The van der Waals surface area contributed by atoms with Crippen LogP contribution in [-0.4, -0.2) is 33.6 Å². The number of hydrogen-bond donors (Lipinski definition) is 2. The minimum Gasteiger partial charge on any atom is -0.368 e. The van der Waals surface area contributed by atoms with Gasteiger partial charge in [-0.3, -0.25) is 4.98 Å². The van der Waals surface area contributed by atoms with Gasteiger partial charge in [-0.1, -0.05) is 12.1 Å². The molecule has 0 aliphatic carbocycles. The summed E-state index contributed by atoms with van der Waals surface area (Å²) in [5.41, 5.74) is 2.01. The molecule has 0 fully saturated rings. The molecule has 2 N–H and O–H groups in total. The summed E-state index contributed by atoms with van der Waals surface area (Å²) in [7, 11) is 0. The maximum absolute atomic E-state index is 4.73. The standard InChI is InChI=1S/C19H23N5/c1-19(2,3)22-13-12-21-18-15-6-4-5-7-16(15)23-17(24-18)14-8-10-20-11-9-14/h4-11,22H,12-13H2,1-3H3,(H,21,23,24). The molecule has 2 aromatic heterocycles. The molecule has 0 unspecified atom stereocenters. The van der Waals surface area contributed by atoms with Crippen molar-refractivity contribution < 1.29 is 0 Å². The molecule has 24 heavy (non-hydrogen) atoms. The Balaban J connectivity index is 1.88. The van der Waals surface area contributed by atoms with Crippen molar-refractivity contribution >= 4 is 16.7 Å². The predicted octanol–water partition coefficient (Wildman–Crippen LogP) is 3.49. The molecule has 0 atom stereocenters. The van der Waals surface area contributed by atoms with Crippen molar-refractivity contribution in [2.75, 3.05) is 18.4 Å². The largest absolute Gasteiger partial charge is 0.368 e.